The van der Waals surface area contributed by atoms with Crippen molar-refractivity contribution in [2.75, 3.05) is 6.61 Å². The van der Waals surface area contributed by atoms with Gasteiger partial charge in [-0.3, -0.25) is 19.7 Å². The number of carbonyl (C=O) groups is 1. The van der Waals surface area contributed by atoms with Crippen LogP contribution in [0.5, 0.6) is 0 Å². The summed E-state index contributed by atoms with van der Waals surface area (Å²) >= 11 is 0.535. The summed E-state index contributed by atoms with van der Waals surface area (Å²) in [6, 6.07) is 2.19. The topological polar surface area (TPSA) is 81.5 Å². The van der Waals surface area contributed by atoms with Crippen LogP contribution in [0.2, 0.25) is 0 Å². The summed E-state index contributed by atoms with van der Waals surface area (Å²) in [7, 11) is 0. The van der Waals surface area contributed by atoms with Gasteiger partial charge in [0.25, 0.3) is 5.91 Å². The molecule has 0 aliphatic heterocycles. The van der Waals surface area contributed by atoms with Gasteiger partial charge >= 0.3 is 11.2 Å². The highest BCUT2D eigenvalue weighted by Crippen LogP contribution is 2.23. The van der Waals surface area contributed by atoms with Crippen molar-refractivity contribution in [3.8, 4) is 0 Å². The molecular weight excluding hydrogens is 265 g/mol. The molecule has 1 aromatic rings. The summed E-state index contributed by atoms with van der Waals surface area (Å²) in [5.41, 5.74) is 1.54. The van der Waals surface area contributed by atoms with E-state index in [1.807, 2.05) is 0 Å². The van der Waals surface area contributed by atoms with Crippen molar-refractivity contribution in [1.82, 2.24) is 5.48 Å². The molecule has 0 aliphatic rings. The van der Waals surface area contributed by atoms with E-state index < -0.39 is 23.6 Å². The number of thiophene rings is 1. The standard InChI is InChI=1S/C7H5F3N2O4S/c8-7(9,10)3-16-11-6(13)4-1-2-5(17-4)12(14)15/h1-2H,3H2,(H,11,13). The molecule has 6 nitrogen and oxygen atoms in total. The molecule has 1 heterocycles. The first-order valence-electron chi connectivity index (χ1n) is 4.03. The van der Waals surface area contributed by atoms with Gasteiger partial charge < -0.3 is 0 Å². The lowest BCUT2D eigenvalue weighted by Crippen LogP contribution is -2.29. The average Bonchev–Trinajstić information content (AvgIpc) is 2.63. The van der Waals surface area contributed by atoms with Gasteiger partial charge in [-0.2, -0.15) is 13.2 Å². The van der Waals surface area contributed by atoms with Crippen molar-refractivity contribution in [2.45, 2.75) is 6.18 Å². The first-order valence-corrected chi connectivity index (χ1v) is 4.84. The molecule has 1 aromatic heterocycles. The Kier molecular flexibility index (Phi) is 4.02. The van der Waals surface area contributed by atoms with E-state index in [0.29, 0.717) is 11.3 Å². The minimum atomic E-state index is -4.56. The Morgan fingerprint density at radius 1 is 1.53 bits per heavy atom. The lowest BCUT2D eigenvalue weighted by molar-refractivity contribution is -0.380. The third kappa shape index (κ3) is 4.36. The number of nitro groups is 1. The van der Waals surface area contributed by atoms with Crippen molar-refractivity contribution in [3.05, 3.63) is 27.1 Å². The molecule has 0 aliphatic carbocycles. The van der Waals surface area contributed by atoms with Crippen LogP contribution in [-0.2, 0) is 4.84 Å². The monoisotopic (exact) mass is 270 g/mol. The third-order valence-electron chi connectivity index (χ3n) is 1.40. The van der Waals surface area contributed by atoms with E-state index >= 15 is 0 Å². The van der Waals surface area contributed by atoms with Gasteiger partial charge in [-0.1, -0.05) is 11.3 Å². The summed E-state index contributed by atoms with van der Waals surface area (Å²) < 4.78 is 35.0. The molecule has 94 valence electrons. The van der Waals surface area contributed by atoms with Gasteiger partial charge in [0.15, 0.2) is 6.61 Å². The van der Waals surface area contributed by atoms with E-state index in [-0.39, 0.29) is 9.88 Å². The van der Waals surface area contributed by atoms with Crippen LogP contribution in [0.4, 0.5) is 18.2 Å². The maximum Gasteiger partial charge on any atom is 0.414 e. The normalized spacial score (nSPS) is 11.2. The second-order valence-electron chi connectivity index (χ2n) is 2.73. The number of hydrogen-bond acceptors (Lipinski definition) is 5. The molecule has 1 rings (SSSR count). The first kappa shape index (κ1) is 13.4. The second kappa shape index (κ2) is 5.10. The van der Waals surface area contributed by atoms with Crippen LogP contribution in [-0.4, -0.2) is 23.6 Å². The van der Waals surface area contributed by atoms with Gasteiger partial charge in [0, 0.05) is 6.07 Å². The number of rotatable bonds is 4. The second-order valence-corrected chi connectivity index (χ2v) is 3.79. The molecule has 1 N–H and O–H groups in total. The number of halogens is 3. The van der Waals surface area contributed by atoms with E-state index in [1.54, 1.807) is 0 Å². The summed E-state index contributed by atoms with van der Waals surface area (Å²) in [6.07, 6.45) is -4.56. The Morgan fingerprint density at radius 2 is 2.18 bits per heavy atom. The minimum Gasteiger partial charge on any atom is -0.266 e. The Morgan fingerprint density at radius 3 is 2.65 bits per heavy atom. The fourth-order valence-electron chi connectivity index (χ4n) is 0.782. The fraction of sp³-hybridized carbons (Fsp3) is 0.286. The molecule has 0 bridgehead atoms. The summed E-state index contributed by atoms with van der Waals surface area (Å²) in [5, 5.41) is 10.0. The maximum absolute atomic E-state index is 11.7. The number of hydroxylamine groups is 1. The third-order valence-corrected chi connectivity index (χ3v) is 2.43. The zero-order valence-corrected chi connectivity index (χ0v) is 8.80. The van der Waals surface area contributed by atoms with Crippen molar-refractivity contribution in [1.29, 1.82) is 0 Å². The lowest BCUT2D eigenvalue weighted by Gasteiger charge is -2.06. The van der Waals surface area contributed by atoms with Crippen LogP contribution in [0, 0.1) is 10.1 Å². The highest BCUT2D eigenvalue weighted by molar-refractivity contribution is 7.17. The zero-order valence-electron chi connectivity index (χ0n) is 7.98. The van der Waals surface area contributed by atoms with Gasteiger partial charge in [-0.05, 0) is 6.07 Å². The predicted octanol–water partition coefficient (Wildman–Crippen LogP) is 1.88. The number of hydrogen-bond donors (Lipinski definition) is 1. The number of amides is 1. The van der Waals surface area contributed by atoms with Crippen LogP contribution < -0.4 is 5.48 Å². The van der Waals surface area contributed by atoms with Crippen LogP contribution >= 0.6 is 11.3 Å². The Bertz CT molecular complexity index is 431. The molecule has 1 amide bonds. The number of nitrogens with zero attached hydrogens (tertiary/aromatic N) is 1. The van der Waals surface area contributed by atoms with Gasteiger partial charge in [-0.15, -0.1) is 0 Å². The molecule has 17 heavy (non-hydrogen) atoms. The molecule has 0 atom stereocenters. The van der Waals surface area contributed by atoms with Crippen LogP contribution in [0.15, 0.2) is 12.1 Å². The number of alkyl halides is 3. The first-order chi connectivity index (χ1) is 7.79. The molecule has 10 heteroatoms. The van der Waals surface area contributed by atoms with Gasteiger partial charge in [-0.25, -0.2) is 5.48 Å². The largest absolute Gasteiger partial charge is 0.414 e. The molecule has 0 fully saturated rings. The van der Waals surface area contributed by atoms with E-state index in [9.17, 15) is 28.1 Å². The quantitative estimate of drug-likeness (QED) is 0.669. The van der Waals surface area contributed by atoms with E-state index in [4.69, 9.17) is 0 Å². The Balaban J connectivity index is 2.50. The van der Waals surface area contributed by atoms with E-state index in [2.05, 4.69) is 4.84 Å². The Hall–Kier alpha value is -1.68. The molecule has 0 saturated carbocycles. The highest BCUT2D eigenvalue weighted by atomic mass is 32.1. The SMILES string of the molecule is O=C(NOCC(F)(F)F)c1ccc([N+](=O)[O-])s1. The average molecular weight is 270 g/mol. The van der Waals surface area contributed by atoms with E-state index in [1.165, 1.54) is 5.48 Å². The molecule has 0 aromatic carbocycles. The maximum atomic E-state index is 11.7. The molecule has 0 unspecified atom stereocenters. The summed E-state index contributed by atoms with van der Waals surface area (Å²) in [6.45, 7) is -1.63. The molecular formula is C7H5F3N2O4S. The zero-order chi connectivity index (χ0) is 13.1. The fourth-order valence-corrected chi connectivity index (χ4v) is 1.49. The van der Waals surface area contributed by atoms with Gasteiger partial charge in [0.1, 0.15) is 4.88 Å². The molecule has 0 spiro atoms. The minimum absolute atomic E-state index is 0.112. The Labute approximate surface area is 96.1 Å². The van der Waals surface area contributed by atoms with Crippen LogP contribution in [0.25, 0.3) is 0 Å². The highest BCUT2D eigenvalue weighted by Gasteiger charge is 2.28. The predicted molar refractivity (Wildman–Crippen MR) is 50.4 cm³/mol. The van der Waals surface area contributed by atoms with Gasteiger partial charge in [0.2, 0.25) is 0 Å². The number of carbonyl (C=O) groups excluding carboxylic acids is 1. The van der Waals surface area contributed by atoms with Crippen molar-refractivity contribution < 1.29 is 27.7 Å². The summed E-state index contributed by atoms with van der Waals surface area (Å²) in [5.74, 6) is -0.965. The number of nitrogens with one attached hydrogen (secondary N) is 1. The van der Waals surface area contributed by atoms with E-state index in [0.717, 1.165) is 12.1 Å². The van der Waals surface area contributed by atoms with Crippen LogP contribution in [0.3, 0.4) is 0 Å². The van der Waals surface area contributed by atoms with Crippen molar-refractivity contribution in [3.63, 3.8) is 0 Å². The molecule has 0 saturated heterocycles. The smallest absolute Gasteiger partial charge is 0.266 e. The molecule has 0 radical (unpaired) electrons. The van der Waals surface area contributed by atoms with Crippen molar-refractivity contribution >= 4 is 22.2 Å². The summed E-state index contributed by atoms with van der Waals surface area (Å²) in [4.78, 5) is 24.5. The lowest BCUT2D eigenvalue weighted by atomic mass is 10.4. The van der Waals surface area contributed by atoms with Crippen LogP contribution in [0.1, 0.15) is 9.67 Å². The van der Waals surface area contributed by atoms with Gasteiger partial charge in [0.05, 0.1) is 4.92 Å². The van der Waals surface area contributed by atoms with Crippen molar-refractivity contribution in [2.24, 2.45) is 0 Å².